The van der Waals surface area contributed by atoms with E-state index in [-0.39, 0.29) is 5.76 Å². The number of nitrogens with one attached hydrogen (secondary N) is 3. The molecule has 0 aliphatic carbocycles. The Morgan fingerprint density at radius 2 is 2.04 bits per heavy atom. The highest BCUT2D eigenvalue weighted by Crippen LogP contribution is 2.36. The van der Waals surface area contributed by atoms with E-state index >= 15 is 0 Å². The predicted molar refractivity (Wildman–Crippen MR) is 101 cm³/mol. The summed E-state index contributed by atoms with van der Waals surface area (Å²) in [6.07, 6.45) is 4.79. The fraction of sp³-hybridized carbons (Fsp3) is 0.118. The van der Waals surface area contributed by atoms with Crippen molar-refractivity contribution in [3.8, 4) is 0 Å². The summed E-state index contributed by atoms with van der Waals surface area (Å²) in [7, 11) is 0. The Balaban J connectivity index is 0.000000948. The Morgan fingerprint density at radius 1 is 1.23 bits per heavy atom. The number of carbonyl (C=O) groups is 1. The van der Waals surface area contributed by atoms with Crippen molar-refractivity contribution in [1.29, 1.82) is 0 Å². The monoisotopic (exact) mass is 372 g/mol. The molecular formula is C17H17ClN6O2. The first-order valence-electron chi connectivity index (χ1n) is 7.95. The normalized spacial score (nSPS) is 10.5. The number of H-pyrrole nitrogens is 1. The second-order valence-electron chi connectivity index (χ2n) is 5.03. The van der Waals surface area contributed by atoms with E-state index in [2.05, 4.69) is 25.9 Å². The Kier molecular flexibility index (Phi) is 5.06. The lowest BCUT2D eigenvalue weighted by Crippen LogP contribution is -2.30. The maximum Gasteiger partial charge on any atom is 0.303 e. The number of nitrogen functional groups attached to an aromatic ring is 1. The molecule has 1 aromatic carbocycles. The minimum absolute atomic E-state index is 0.0621. The number of rotatable bonds is 3. The van der Waals surface area contributed by atoms with E-state index in [0.717, 1.165) is 5.39 Å². The molecule has 9 heteroatoms. The molecule has 4 aromatic rings. The second kappa shape index (κ2) is 7.42. The number of fused-ring (bicyclic) bond motifs is 2. The van der Waals surface area contributed by atoms with Gasteiger partial charge in [-0.25, -0.2) is 5.84 Å². The first-order valence-corrected chi connectivity index (χ1v) is 8.33. The van der Waals surface area contributed by atoms with E-state index in [1.165, 1.54) is 6.20 Å². The molecule has 0 saturated carbocycles. The number of halogens is 1. The lowest BCUT2D eigenvalue weighted by atomic mass is 10.2. The van der Waals surface area contributed by atoms with Crippen molar-refractivity contribution in [2.75, 3.05) is 5.32 Å². The largest absolute Gasteiger partial charge is 0.447 e. The Hall–Kier alpha value is -3.10. The second-order valence-corrected chi connectivity index (χ2v) is 5.44. The van der Waals surface area contributed by atoms with Gasteiger partial charge in [-0.2, -0.15) is 5.10 Å². The number of aromatic nitrogens is 3. The zero-order valence-corrected chi connectivity index (χ0v) is 14.9. The average molecular weight is 373 g/mol. The number of benzene rings is 1. The summed E-state index contributed by atoms with van der Waals surface area (Å²) in [4.78, 5) is 16.0. The summed E-state index contributed by atoms with van der Waals surface area (Å²) in [5, 5.41) is 12.1. The Labute approximate surface area is 153 Å². The van der Waals surface area contributed by atoms with Gasteiger partial charge in [0.1, 0.15) is 0 Å². The number of anilines is 2. The predicted octanol–water partition coefficient (Wildman–Crippen LogP) is 3.73. The number of furan rings is 1. The van der Waals surface area contributed by atoms with E-state index < -0.39 is 5.91 Å². The number of hydrogen-bond acceptors (Lipinski definition) is 6. The van der Waals surface area contributed by atoms with Gasteiger partial charge in [0.15, 0.2) is 5.58 Å². The Morgan fingerprint density at radius 3 is 2.81 bits per heavy atom. The van der Waals surface area contributed by atoms with Crippen molar-refractivity contribution in [2.45, 2.75) is 13.8 Å². The molecule has 1 amide bonds. The maximum atomic E-state index is 12.0. The third-order valence-corrected chi connectivity index (χ3v) is 3.97. The molecule has 3 aromatic heterocycles. The molecule has 26 heavy (non-hydrogen) atoms. The Bertz CT molecular complexity index is 1070. The first kappa shape index (κ1) is 17.7. The van der Waals surface area contributed by atoms with E-state index in [9.17, 15) is 4.79 Å². The van der Waals surface area contributed by atoms with Crippen molar-refractivity contribution in [2.24, 2.45) is 5.84 Å². The van der Waals surface area contributed by atoms with Crippen LogP contribution in [0.25, 0.3) is 21.9 Å². The van der Waals surface area contributed by atoms with Crippen molar-refractivity contribution in [1.82, 2.24) is 20.6 Å². The zero-order valence-electron chi connectivity index (χ0n) is 14.1. The molecule has 0 bridgehead atoms. The van der Waals surface area contributed by atoms with Gasteiger partial charge in [-0.1, -0.05) is 25.4 Å². The van der Waals surface area contributed by atoms with Crippen LogP contribution in [0.5, 0.6) is 0 Å². The SMILES string of the molecule is CC.NNC(=O)c1oc2cnccc2c1Nc1ccc(Cl)c2[nH]ncc12. The fourth-order valence-electron chi connectivity index (χ4n) is 2.55. The minimum Gasteiger partial charge on any atom is -0.447 e. The molecule has 8 nitrogen and oxygen atoms in total. The van der Waals surface area contributed by atoms with Crippen LogP contribution in [0.3, 0.4) is 0 Å². The molecule has 0 aliphatic rings. The summed E-state index contributed by atoms with van der Waals surface area (Å²) in [5.74, 6) is 4.76. The number of carbonyl (C=O) groups excluding carboxylic acids is 1. The van der Waals surface area contributed by atoms with E-state index in [0.29, 0.717) is 32.9 Å². The van der Waals surface area contributed by atoms with Crippen molar-refractivity contribution in [3.63, 3.8) is 0 Å². The van der Waals surface area contributed by atoms with Gasteiger partial charge >= 0.3 is 5.91 Å². The summed E-state index contributed by atoms with van der Waals surface area (Å²) in [6, 6.07) is 5.28. The standard InChI is InChI=1S/C15H11ClN6O2.C2H6/c16-9-1-2-10(8-5-19-22-12(8)9)20-13-7-3-4-18-6-11(7)24-14(13)15(23)21-17;1-2/h1-6,20H,17H2,(H,19,22)(H,21,23);1-2H3. The van der Waals surface area contributed by atoms with Gasteiger partial charge in [-0.3, -0.25) is 20.3 Å². The van der Waals surface area contributed by atoms with Crippen LogP contribution in [0.15, 0.2) is 41.2 Å². The van der Waals surface area contributed by atoms with Gasteiger partial charge in [0.2, 0.25) is 5.76 Å². The highest BCUT2D eigenvalue weighted by atomic mass is 35.5. The lowest BCUT2D eigenvalue weighted by Gasteiger charge is -2.08. The quantitative estimate of drug-likeness (QED) is 0.247. The van der Waals surface area contributed by atoms with Crippen LogP contribution in [-0.4, -0.2) is 21.1 Å². The van der Waals surface area contributed by atoms with Gasteiger partial charge in [-0.05, 0) is 18.2 Å². The van der Waals surface area contributed by atoms with E-state index in [4.69, 9.17) is 21.9 Å². The zero-order chi connectivity index (χ0) is 18.7. The third-order valence-electron chi connectivity index (χ3n) is 3.65. The van der Waals surface area contributed by atoms with Crippen LogP contribution in [0.1, 0.15) is 24.4 Å². The molecule has 134 valence electrons. The number of aromatic amines is 1. The van der Waals surface area contributed by atoms with Crippen LogP contribution in [0, 0.1) is 0 Å². The summed E-state index contributed by atoms with van der Waals surface area (Å²) in [5.41, 5.74) is 4.44. The molecule has 5 N–H and O–H groups in total. The molecule has 0 spiro atoms. The molecule has 0 atom stereocenters. The highest BCUT2D eigenvalue weighted by Gasteiger charge is 2.21. The van der Waals surface area contributed by atoms with Crippen LogP contribution < -0.4 is 16.6 Å². The molecular weight excluding hydrogens is 356 g/mol. The van der Waals surface area contributed by atoms with E-state index in [1.807, 2.05) is 13.8 Å². The number of pyridine rings is 1. The molecule has 0 unspecified atom stereocenters. The first-order chi connectivity index (χ1) is 12.7. The van der Waals surface area contributed by atoms with Gasteiger partial charge in [0.25, 0.3) is 0 Å². The van der Waals surface area contributed by atoms with Crippen molar-refractivity contribution in [3.05, 3.63) is 47.6 Å². The highest BCUT2D eigenvalue weighted by molar-refractivity contribution is 6.35. The van der Waals surface area contributed by atoms with Crippen molar-refractivity contribution >= 4 is 50.8 Å². The molecule has 3 heterocycles. The van der Waals surface area contributed by atoms with Crippen LogP contribution in [0.2, 0.25) is 5.02 Å². The average Bonchev–Trinajstić information content (AvgIpc) is 3.31. The summed E-state index contributed by atoms with van der Waals surface area (Å²) >= 11 is 6.15. The maximum absolute atomic E-state index is 12.0. The molecule has 0 aliphatic heterocycles. The summed E-state index contributed by atoms with van der Waals surface area (Å²) < 4.78 is 5.57. The molecule has 4 rings (SSSR count). The molecule has 0 fully saturated rings. The van der Waals surface area contributed by atoms with Crippen molar-refractivity contribution < 1.29 is 9.21 Å². The van der Waals surface area contributed by atoms with Crippen LogP contribution in [0.4, 0.5) is 11.4 Å². The molecule has 0 radical (unpaired) electrons. The fourth-order valence-corrected chi connectivity index (χ4v) is 2.75. The summed E-state index contributed by atoms with van der Waals surface area (Å²) in [6.45, 7) is 4.00. The van der Waals surface area contributed by atoms with Gasteiger partial charge in [-0.15, -0.1) is 0 Å². The van der Waals surface area contributed by atoms with Crippen LogP contribution >= 0.6 is 11.6 Å². The smallest absolute Gasteiger partial charge is 0.303 e. The number of amides is 1. The molecule has 0 saturated heterocycles. The third kappa shape index (κ3) is 2.96. The van der Waals surface area contributed by atoms with E-state index in [1.54, 1.807) is 30.6 Å². The number of hydrazine groups is 1. The van der Waals surface area contributed by atoms with Gasteiger partial charge in [0, 0.05) is 22.7 Å². The lowest BCUT2D eigenvalue weighted by molar-refractivity contribution is 0.0929. The topological polar surface area (TPSA) is 122 Å². The van der Waals surface area contributed by atoms with Gasteiger partial charge in [0.05, 0.1) is 28.6 Å². The van der Waals surface area contributed by atoms with Crippen LogP contribution in [-0.2, 0) is 0 Å². The number of nitrogens with zero attached hydrogens (tertiary/aromatic N) is 2. The number of nitrogens with two attached hydrogens (primary N) is 1. The minimum atomic E-state index is -0.550. The number of hydrogen-bond donors (Lipinski definition) is 4. The van der Waals surface area contributed by atoms with Gasteiger partial charge < -0.3 is 9.73 Å².